The molecule has 3 N–H and O–H groups in total. The Kier molecular flexibility index (Phi) is 7.52. The smallest absolute Gasteiger partial charge is 0.406 e. The van der Waals surface area contributed by atoms with Crippen molar-refractivity contribution in [3.63, 3.8) is 0 Å². The highest BCUT2D eigenvalue weighted by molar-refractivity contribution is 5.69. The van der Waals surface area contributed by atoms with E-state index in [0.717, 1.165) is 30.0 Å². The normalized spacial score (nSPS) is 14.8. The molecule has 0 bridgehead atoms. The van der Waals surface area contributed by atoms with E-state index in [9.17, 15) is 31.4 Å². The van der Waals surface area contributed by atoms with Gasteiger partial charge in [0.25, 0.3) is 0 Å². The molecule has 0 unspecified atom stereocenters. The Balaban J connectivity index is 1.55. The molecule has 1 aliphatic heterocycles. The first kappa shape index (κ1) is 26.2. The van der Waals surface area contributed by atoms with E-state index in [1.54, 1.807) is 12.1 Å². The second-order valence-electron chi connectivity index (χ2n) is 8.21. The molecule has 1 fully saturated rings. The molecule has 13 heteroatoms. The molecule has 0 amide bonds. The first-order chi connectivity index (χ1) is 17.4. The number of hydrogen-bond donors (Lipinski definition) is 3. The van der Waals surface area contributed by atoms with Gasteiger partial charge in [0.15, 0.2) is 0 Å². The molecule has 0 radical (unpaired) electrons. The molecule has 1 aromatic heterocycles. The fourth-order valence-corrected chi connectivity index (χ4v) is 3.73. The molecule has 1 aliphatic rings. The SMILES string of the molecule is OC1CCN(c2cc(Nc3ccc(OC(F)(F)F)cc3)nc(Nc3ccc(OC(F)(F)F)cc3)c2)CC1. The molecule has 7 nitrogen and oxygen atoms in total. The second kappa shape index (κ2) is 10.6. The Morgan fingerprint density at radius 1 is 0.730 bits per heavy atom. The number of hydrogen-bond acceptors (Lipinski definition) is 7. The van der Waals surface area contributed by atoms with Gasteiger partial charge in [-0.15, -0.1) is 26.3 Å². The van der Waals surface area contributed by atoms with Crippen molar-refractivity contribution in [3.05, 3.63) is 60.7 Å². The largest absolute Gasteiger partial charge is 0.573 e. The van der Waals surface area contributed by atoms with Crippen LogP contribution in [0.2, 0.25) is 0 Å². The number of ether oxygens (including phenoxy) is 2. The van der Waals surface area contributed by atoms with Gasteiger partial charge in [0, 0.05) is 42.3 Å². The first-order valence-corrected chi connectivity index (χ1v) is 11.1. The van der Waals surface area contributed by atoms with E-state index in [0.29, 0.717) is 48.9 Å². The zero-order valence-corrected chi connectivity index (χ0v) is 19.1. The highest BCUT2D eigenvalue weighted by atomic mass is 19.4. The fraction of sp³-hybridized carbons (Fsp3) is 0.292. The highest BCUT2D eigenvalue weighted by Gasteiger charge is 2.31. The van der Waals surface area contributed by atoms with Crippen molar-refractivity contribution in [3.8, 4) is 11.5 Å². The van der Waals surface area contributed by atoms with Crippen LogP contribution in [0.15, 0.2) is 60.7 Å². The lowest BCUT2D eigenvalue weighted by molar-refractivity contribution is -0.275. The molecular weight excluding hydrogens is 506 g/mol. The summed E-state index contributed by atoms with van der Waals surface area (Å²) in [6, 6.07) is 13.8. The van der Waals surface area contributed by atoms with E-state index in [-0.39, 0.29) is 17.6 Å². The van der Waals surface area contributed by atoms with Gasteiger partial charge < -0.3 is 30.1 Å². The number of aromatic nitrogens is 1. The Labute approximate surface area is 207 Å². The van der Waals surface area contributed by atoms with Gasteiger partial charge in [0.1, 0.15) is 23.1 Å². The number of anilines is 5. The fourth-order valence-electron chi connectivity index (χ4n) is 3.73. The highest BCUT2D eigenvalue weighted by Crippen LogP contribution is 2.31. The standard InChI is InChI=1S/C24H22F6N4O3/c25-23(26,27)36-19-5-1-15(2-6-19)31-21-13-17(34-11-9-18(35)10-12-34)14-22(33-21)32-16-3-7-20(8-4-16)37-24(28,29)30/h1-8,13-14,18,35H,9-12H2,(H2,31,32,33). The molecule has 4 rings (SSSR count). The van der Waals surface area contributed by atoms with Crippen LogP contribution >= 0.6 is 0 Å². The van der Waals surface area contributed by atoms with E-state index in [1.807, 2.05) is 4.90 Å². The van der Waals surface area contributed by atoms with Crippen LogP contribution in [-0.4, -0.2) is 42.0 Å². The summed E-state index contributed by atoms with van der Waals surface area (Å²) in [7, 11) is 0. The molecule has 0 atom stereocenters. The van der Waals surface area contributed by atoms with Crippen molar-refractivity contribution in [2.24, 2.45) is 0 Å². The summed E-state index contributed by atoms with van der Waals surface area (Å²) in [5.74, 6) is -0.000785. The van der Waals surface area contributed by atoms with Gasteiger partial charge in [0.2, 0.25) is 0 Å². The Bertz CT molecular complexity index is 1100. The van der Waals surface area contributed by atoms with Crippen LogP contribution in [0.1, 0.15) is 12.8 Å². The van der Waals surface area contributed by atoms with Gasteiger partial charge in [-0.3, -0.25) is 0 Å². The van der Waals surface area contributed by atoms with Crippen molar-refractivity contribution in [1.29, 1.82) is 0 Å². The predicted molar refractivity (Wildman–Crippen MR) is 125 cm³/mol. The third kappa shape index (κ3) is 8.07. The van der Waals surface area contributed by atoms with E-state index >= 15 is 0 Å². The van der Waals surface area contributed by atoms with Gasteiger partial charge in [-0.2, -0.15) is 0 Å². The van der Waals surface area contributed by atoms with Crippen LogP contribution in [0.3, 0.4) is 0 Å². The molecule has 0 saturated carbocycles. The number of nitrogens with zero attached hydrogens (tertiary/aromatic N) is 2. The molecule has 37 heavy (non-hydrogen) atoms. The molecule has 2 aromatic carbocycles. The predicted octanol–water partition coefficient (Wildman–Crippen LogP) is 6.33. The summed E-state index contributed by atoms with van der Waals surface area (Å²) >= 11 is 0. The number of halogens is 6. The lowest BCUT2D eigenvalue weighted by atomic mass is 10.1. The number of alkyl halides is 6. The van der Waals surface area contributed by atoms with Crippen molar-refractivity contribution in [1.82, 2.24) is 4.98 Å². The zero-order chi connectivity index (χ0) is 26.6. The Hall–Kier alpha value is -3.87. The molecule has 0 aliphatic carbocycles. The summed E-state index contributed by atoms with van der Waals surface area (Å²) in [6.07, 6.45) is -8.83. The van der Waals surface area contributed by atoms with Gasteiger partial charge in [-0.25, -0.2) is 4.98 Å². The van der Waals surface area contributed by atoms with E-state index in [4.69, 9.17) is 0 Å². The lowest BCUT2D eigenvalue weighted by Gasteiger charge is -2.32. The average molecular weight is 528 g/mol. The minimum absolute atomic E-state index is 0.368. The number of nitrogens with one attached hydrogen (secondary N) is 2. The van der Waals surface area contributed by atoms with Crippen LogP contribution in [0.5, 0.6) is 11.5 Å². The third-order valence-corrected chi connectivity index (χ3v) is 5.36. The van der Waals surface area contributed by atoms with Crippen LogP contribution in [0, 0.1) is 0 Å². The number of rotatable bonds is 7. The summed E-state index contributed by atoms with van der Waals surface area (Å²) in [6.45, 7) is 1.19. The lowest BCUT2D eigenvalue weighted by Crippen LogP contribution is -2.35. The quantitative estimate of drug-likeness (QED) is 0.310. The summed E-state index contributed by atoms with van der Waals surface area (Å²) in [5, 5.41) is 15.9. The monoisotopic (exact) mass is 528 g/mol. The second-order valence-corrected chi connectivity index (χ2v) is 8.21. The number of pyridine rings is 1. The van der Waals surface area contributed by atoms with E-state index in [2.05, 4.69) is 25.1 Å². The maximum atomic E-state index is 12.4. The number of aliphatic hydroxyl groups is 1. The molecule has 198 valence electrons. The van der Waals surface area contributed by atoms with Crippen molar-refractivity contribution in [2.75, 3.05) is 28.6 Å². The molecule has 1 saturated heterocycles. The number of piperidine rings is 1. The number of benzene rings is 2. The van der Waals surface area contributed by atoms with Crippen LogP contribution in [-0.2, 0) is 0 Å². The van der Waals surface area contributed by atoms with E-state index in [1.165, 1.54) is 24.3 Å². The number of aliphatic hydroxyl groups excluding tert-OH is 1. The van der Waals surface area contributed by atoms with Gasteiger partial charge in [-0.05, 0) is 61.4 Å². The zero-order valence-electron chi connectivity index (χ0n) is 19.1. The molecule has 0 spiro atoms. The van der Waals surface area contributed by atoms with Crippen LogP contribution < -0.4 is 25.0 Å². The van der Waals surface area contributed by atoms with Crippen LogP contribution in [0.4, 0.5) is 55.0 Å². The Morgan fingerprint density at radius 2 is 1.14 bits per heavy atom. The van der Waals surface area contributed by atoms with Gasteiger partial charge >= 0.3 is 12.7 Å². The summed E-state index contributed by atoms with van der Waals surface area (Å²) in [5.41, 5.74) is 1.67. The minimum atomic E-state index is -4.80. The maximum absolute atomic E-state index is 12.4. The molecule has 3 aromatic rings. The third-order valence-electron chi connectivity index (χ3n) is 5.36. The maximum Gasteiger partial charge on any atom is 0.573 e. The molecular formula is C24H22F6N4O3. The van der Waals surface area contributed by atoms with Crippen molar-refractivity contribution < 1.29 is 40.9 Å². The summed E-state index contributed by atoms with van der Waals surface area (Å²) in [4.78, 5) is 6.52. The van der Waals surface area contributed by atoms with Gasteiger partial charge in [-0.1, -0.05) is 0 Å². The average Bonchev–Trinajstić information content (AvgIpc) is 2.80. The first-order valence-electron chi connectivity index (χ1n) is 11.1. The van der Waals surface area contributed by atoms with E-state index < -0.39 is 12.7 Å². The van der Waals surface area contributed by atoms with Gasteiger partial charge in [0.05, 0.1) is 6.10 Å². The molecule has 2 heterocycles. The van der Waals surface area contributed by atoms with Crippen LogP contribution in [0.25, 0.3) is 0 Å². The van der Waals surface area contributed by atoms with Crippen molar-refractivity contribution >= 4 is 28.7 Å². The Morgan fingerprint density at radius 3 is 1.51 bits per heavy atom. The summed E-state index contributed by atoms with van der Waals surface area (Å²) < 4.78 is 82.3. The minimum Gasteiger partial charge on any atom is -0.406 e. The topological polar surface area (TPSA) is 78.9 Å². The van der Waals surface area contributed by atoms with Crippen molar-refractivity contribution in [2.45, 2.75) is 31.7 Å².